The van der Waals surface area contributed by atoms with E-state index >= 15 is 0 Å². The highest BCUT2D eigenvalue weighted by Gasteiger charge is 2.30. The summed E-state index contributed by atoms with van der Waals surface area (Å²) in [7, 11) is 0. The molecule has 1 aliphatic rings. The van der Waals surface area contributed by atoms with Crippen molar-refractivity contribution in [3.63, 3.8) is 0 Å². The SMILES string of the molecule is CCC1OCCC1c1nnc(CCCCl)s1. The summed E-state index contributed by atoms with van der Waals surface area (Å²) in [5.74, 6) is 1.16. The molecule has 0 aliphatic carbocycles. The molecule has 0 saturated carbocycles. The first kappa shape index (κ1) is 12.3. The number of nitrogens with zero attached hydrogens (tertiary/aromatic N) is 2. The molecule has 3 nitrogen and oxygen atoms in total. The highest BCUT2D eigenvalue weighted by Crippen LogP contribution is 2.34. The van der Waals surface area contributed by atoms with E-state index in [0.717, 1.165) is 42.3 Å². The molecule has 16 heavy (non-hydrogen) atoms. The van der Waals surface area contributed by atoms with Crippen LogP contribution in [0.3, 0.4) is 0 Å². The smallest absolute Gasteiger partial charge is 0.123 e. The van der Waals surface area contributed by atoms with Gasteiger partial charge in [0.15, 0.2) is 0 Å². The van der Waals surface area contributed by atoms with Crippen molar-refractivity contribution in [2.75, 3.05) is 12.5 Å². The third-order valence-electron chi connectivity index (χ3n) is 2.94. The molecule has 5 heteroatoms. The maximum Gasteiger partial charge on any atom is 0.123 e. The van der Waals surface area contributed by atoms with Gasteiger partial charge in [0.25, 0.3) is 0 Å². The van der Waals surface area contributed by atoms with E-state index in [4.69, 9.17) is 16.3 Å². The molecule has 1 fully saturated rings. The van der Waals surface area contributed by atoms with Gasteiger partial charge < -0.3 is 4.74 Å². The van der Waals surface area contributed by atoms with Gasteiger partial charge in [0.1, 0.15) is 10.0 Å². The molecule has 0 bridgehead atoms. The van der Waals surface area contributed by atoms with Gasteiger partial charge in [-0.15, -0.1) is 33.1 Å². The van der Waals surface area contributed by atoms with Crippen LogP contribution in [0, 0.1) is 0 Å². The minimum absolute atomic E-state index is 0.342. The number of halogens is 1. The Labute approximate surface area is 105 Å². The molecule has 90 valence electrons. The average Bonchev–Trinajstić information content (AvgIpc) is 2.94. The molecule has 1 aromatic rings. The van der Waals surface area contributed by atoms with Crippen molar-refractivity contribution in [2.45, 2.75) is 44.6 Å². The number of rotatable bonds is 5. The minimum Gasteiger partial charge on any atom is -0.377 e. The third-order valence-corrected chi connectivity index (χ3v) is 4.32. The molecule has 1 aromatic heterocycles. The van der Waals surface area contributed by atoms with E-state index in [-0.39, 0.29) is 0 Å². The molecule has 2 atom stereocenters. The molecule has 0 spiro atoms. The van der Waals surface area contributed by atoms with Crippen LogP contribution in [0.5, 0.6) is 0 Å². The van der Waals surface area contributed by atoms with Crippen LogP contribution in [-0.4, -0.2) is 28.8 Å². The van der Waals surface area contributed by atoms with Gasteiger partial charge in [0.05, 0.1) is 6.10 Å². The molecule has 0 radical (unpaired) electrons. The van der Waals surface area contributed by atoms with E-state index in [0.29, 0.717) is 17.9 Å². The van der Waals surface area contributed by atoms with Crippen LogP contribution in [0.1, 0.15) is 42.1 Å². The van der Waals surface area contributed by atoms with Crippen LogP contribution in [0.2, 0.25) is 0 Å². The lowest BCUT2D eigenvalue weighted by molar-refractivity contribution is 0.100. The summed E-state index contributed by atoms with van der Waals surface area (Å²) in [6.45, 7) is 3.03. The standard InChI is InChI=1S/C11H17ClN2OS/c1-2-9-8(5-7-15-9)11-14-13-10(16-11)4-3-6-12/h8-9H,2-7H2,1H3. The number of hydrogen-bond acceptors (Lipinski definition) is 4. The van der Waals surface area contributed by atoms with Crippen molar-refractivity contribution in [3.8, 4) is 0 Å². The maximum atomic E-state index is 5.68. The third kappa shape index (κ3) is 2.73. The van der Waals surface area contributed by atoms with Crippen molar-refractivity contribution in [2.24, 2.45) is 0 Å². The first-order valence-electron chi connectivity index (χ1n) is 5.85. The van der Waals surface area contributed by atoms with Gasteiger partial charge in [-0.2, -0.15) is 0 Å². The Kier molecular flexibility index (Phi) is 4.55. The second-order valence-electron chi connectivity index (χ2n) is 4.04. The molecule has 2 rings (SSSR count). The van der Waals surface area contributed by atoms with E-state index in [9.17, 15) is 0 Å². The normalized spacial score (nSPS) is 25.1. The first-order valence-corrected chi connectivity index (χ1v) is 7.20. The number of hydrogen-bond donors (Lipinski definition) is 0. The number of aryl methyl sites for hydroxylation is 1. The quantitative estimate of drug-likeness (QED) is 0.764. The summed E-state index contributed by atoms with van der Waals surface area (Å²) in [6.07, 6.45) is 4.41. The van der Waals surface area contributed by atoms with Gasteiger partial charge in [-0.25, -0.2) is 0 Å². The summed E-state index contributed by atoms with van der Waals surface area (Å²) in [6, 6.07) is 0. The fourth-order valence-electron chi connectivity index (χ4n) is 2.07. The van der Waals surface area contributed by atoms with Crippen LogP contribution in [-0.2, 0) is 11.2 Å². The minimum atomic E-state index is 0.342. The Morgan fingerprint density at radius 1 is 1.50 bits per heavy atom. The highest BCUT2D eigenvalue weighted by molar-refractivity contribution is 7.11. The van der Waals surface area contributed by atoms with Gasteiger partial charge in [-0.3, -0.25) is 0 Å². The lowest BCUT2D eigenvalue weighted by Gasteiger charge is -2.12. The Hall–Kier alpha value is -0.190. The number of alkyl halides is 1. The zero-order chi connectivity index (χ0) is 11.4. The van der Waals surface area contributed by atoms with Gasteiger partial charge >= 0.3 is 0 Å². The molecule has 2 heterocycles. The van der Waals surface area contributed by atoms with Crippen LogP contribution >= 0.6 is 22.9 Å². The molecule has 0 amide bonds. The van der Waals surface area contributed by atoms with Gasteiger partial charge in [0, 0.05) is 24.8 Å². The monoisotopic (exact) mass is 260 g/mol. The summed E-state index contributed by atoms with van der Waals surface area (Å²) < 4.78 is 5.68. The van der Waals surface area contributed by atoms with Crippen molar-refractivity contribution >= 4 is 22.9 Å². The topological polar surface area (TPSA) is 35.0 Å². The summed E-state index contributed by atoms with van der Waals surface area (Å²) in [4.78, 5) is 0. The Morgan fingerprint density at radius 3 is 3.12 bits per heavy atom. The number of ether oxygens (including phenoxy) is 1. The van der Waals surface area contributed by atoms with Crippen molar-refractivity contribution in [1.29, 1.82) is 0 Å². The first-order chi connectivity index (χ1) is 7.85. The van der Waals surface area contributed by atoms with Gasteiger partial charge in [-0.1, -0.05) is 6.92 Å². The summed E-state index contributed by atoms with van der Waals surface area (Å²) >= 11 is 7.40. The highest BCUT2D eigenvalue weighted by atomic mass is 35.5. The lowest BCUT2D eigenvalue weighted by atomic mass is 10.0. The Morgan fingerprint density at radius 2 is 2.38 bits per heavy atom. The fraction of sp³-hybridized carbons (Fsp3) is 0.818. The second-order valence-corrected chi connectivity index (χ2v) is 5.51. The van der Waals surface area contributed by atoms with Crippen LogP contribution in [0.25, 0.3) is 0 Å². The zero-order valence-corrected chi connectivity index (χ0v) is 11.1. The largest absolute Gasteiger partial charge is 0.377 e. The molecule has 1 aliphatic heterocycles. The van der Waals surface area contributed by atoms with Crippen LogP contribution < -0.4 is 0 Å². The van der Waals surface area contributed by atoms with E-state index in [1.807, 2.05) is 0 Å². The van der Waals surface area contributed by atoms with Crippen molar-refractivity contribution in [1.82, 2.24) is 10.2 Å². The molecule has 1 saturated heterocycles. The Bertz CT molecular complexity index is 332. The lowest BCUT2D eigenvalue weighted by Crippen LogP contribution is -2.12. The average molecular weight is 261 g/mol. The second kappa shape index (κ2) is 5.94. The van der Waals surface area contributed by atoms with Crippen molar-refractivity contribution in [3.05, 3.63) is 10.0 Å². The van der Waals surface area contributed by atoms with E-state index in [2.05, 4.69) is 17.1 Å². The van der Waals surface area contributed by atoms with E-state index in [1.165, 1.54) is 0 Å². The summed E-state index contributed by atoms with van der Waals surface area (Å²) in [5.41, 5.74) is 0. The van der Waals surface area contributed by atoms with Crippen LogP contribution in [0.4, 0.5) is 0 Å². The fourth-order valence-corrected chi connectivity index (χ4v) is 3.27. The van der Waals surface area contributed by atoms with Gasteiger partial charge in [0.2, 0.25) is 0 Å². The van der Waals surface area contributed by atoms with Crippen molar-refractivity contribution < 1.29 is 4.74 Å². The maximum absolute atomic E-state index is 5.68. The number of aromatic nitrogens is 2. The summed E-state index contributed by atoms with van der Waals surface area (Å²) in [5, 5.41) is 10.8. The van der Waals surface area contributed by atoms with Gasteiger partial charge in [-0.05, 0) is 19.3 Å². The Balaban J connectivity index is 2.00. The van der Waals surface area contributed by atoms with Crippen LogP contribution in [0.15, 0.2) is 0 Å². The zero-order valence-electron chi connectivity index (χ0n) is 9.49. The predicted octanol–water partition coefficient (Wildman–Crippen LogP) is 2.99. The molecular formula is C11H17ClN2OS. The van der Waals surface area contributed by atoms with E-state index in [1.54, 1.807) is 11.3 Å². The predicted molar refractivity (Wildman–Crippen MR) is 66.3 cm³/mol. The molecule has 2 unspecified atom stereocenters. The molecule has 0 aromatic carbocycles. The molecular weight excluding hydrogens is 244 g/mol. The molecule has 0 N–H and O–H groups in total. The van der Waals surface area contributed by atoms with E-state index < -0.39 is 0 Å².